The zero-order valence-electron chi connectivity index (χ0n) is 7.59. The van der Waals surface area contributed by atoms with E-state index in [4.69, 9.17) is 5.53 Å². The predicted octanol–water partition coefficient (Wildman–Crippen LogP) is 2.40. The van der Waals surface area contributed by atoms with E-state index in [9.17, 15) is 0 Å². The summed E-state index contributed by atoms with van der Waals surface area (Å²) in [5, 5.41) is 7.44. The summed E-state index contributed by atoms with van der Waals surface area (Å²) in [7, 11) is 0. The van der Waals surface area contributed by atoms with Crippen molar-refractivity contribution in [3.05, 3.63) is 48.3 Å². The molecule has 2 aromatic rings. The third-order valence-corrected chi connectivity index (χ3v) is 1.97. The molecule has 0 unspecified atom stereocenters. The Morgan fingerprint density at radius 2 is 2.07 bits per heavy atom. The van der Waals surface area contributed by atoms with Crippen molar-refractivity contribution in [1.82, 2.24) is 9.78 Å². The van der Waals surface area contributed by atoms with Gasteiger partial charge in [-0.15, -0.1) is 0 Å². The first-order valence-corrected chi connectivity index (χ1v) is 4.32. The number of hydrogen-bond donors (Lipinski definition) is 1. The molecule has 0 aliphatic carbocycles. The van der Waals surface area contributed by atoms with Gasteiger partial charge in [-0.25, -0.2) is 10.2 Å². The molecule has 0 saturated carbocycles. The Morgan fingerprint density at radius 1 is 1.29 bits per heavy atom. The molecule has 0 amide bonds. The van der Waals surface area contributed by atoms with Gasteiger partial charge in [0.15, 0.2) is 0 Å². The van der Waals surface area contributed by atoms with Gasteiger partial charge in [0.05, 0.1) is 12.2 Å². The lowest BCUT2D eigenvalue weighted by molar-refractivity contribution is 0.873. The molecule has 0 fully saturated rings. The summed E-state index contributed by atoms with van der Waals surface area (Å²) < 4.78 is 1.79. The third kappa shape index (κ3) is 1.69. The summed E-state index contributed by atoms with van der Waals surface area (Å²) in [5.74, 6) is 0. The quantitative estimate of drug-likeness (QED) is 0.735. The predicted molar refractivity (Wildman–Crippen MR) is 52.4 cm³/mol. The van der Waals surface area contributed by atoms with Crippen LogP contribution in [0.15, 0.2) is 47.8 Å². The van der Waals surface area contributed by atoms with Crippen molar-refractivity contribution in [3.8, 4) is 5.69 Å². The van der Waals surface area contributed by atoms with Gasteiger partial charge in [-0.2, -0.15) is 10.2 Å². The monoisotopic (exact) mass is 186 g/mol. The minimum Gasteiger partial charge on any atom is -0.241 e. The molecule has 0 aliphatic rings. The molecule has 1 heterocycles. The van der Waals surface area contributed by atoms with Crippen LogP contribution in [0.3, 0.4) is 0 Å². The van der Waals surface area contributed by atoms with Crippen molar-refractivity contribution in [2.45, 2.75) is 6.54 Å². The van der Waals surface area contributed by atoms with E-state index in [-0.39, 0.29) is 0 Å². The first-order valence-electron chi connectivity index (χ1n) is 4.32. The largest absolute Gasteiger partial charge is 0.241 e. The summed E-state index contributed by atoms with van der Waals surface area (Å²) >= 11 is 0. The van der Waals surface area contributed by atoms with Crippen LogP contribution in [0.2, 0.25) is 0 Å². The number of nitrogens with zero attached hydrogens (tertiary/aromatic N) is 3. The highest BCUT2D eigenvalue weighted by atomic mass is 15.3. The fraction of sp³-hybridized carbons (Fsp3) is 0.100. The zero-order valence-corrected chi connectivity index (χ0v) is 7.59. The van der Waals surface area contributed by atoms with Crippen LogP contribution < -0.4 is 0 Å². The van der Waals surface area contributed by atoms with Crippen LogP contribution in [0.5, 0.6) is 0 Å². The van der Waals surface area contributed by atoms with Crippen molar-refractivity contribution in [1.29, 1.82) is 5.53 Å². The third-order valence-electron chi connectivity index (χ3n) is 1.97. The fourth-order valence-electron chi connectivity index (χ4n) is 1.27. The Morgan fingerprint density at radius 3 is 2.64 bits per heavy atom. The zero-order chi connectivity index (χ0) is 9.80. The highest BCUT2D eigenvalue weighted by Gasteiger charge is 1.95. The summed E-state index contributed by atoms with van der Waals surface area (Å²) in [6.07, 6.45) is 3.64. The molecule has 0 bridgehead atoms. The van der Waals surface area contributed by atoms with E-state index in [0.29, 0.717) is 6.54 Å². The molecular formula is C10H10N4. The Bertz CT molecular complexity index is 402. The number of nitrogens with one attached hydrogen (secondary N) is 1. The van der Waals surface area contributed by atoms with Gasteiger partial charge < -0.3 is 0 Å². The first kappa shape index (κ1) is 8.62. The van der Waals surface area contributed by atoms with Gasteiger partial charge >= 0.3 is 0 Å². The standard InChI is InChI=1S/C10H10N4/c11-12-8-9-2-4-10(5-3-9)14-7-1-6-13-14/h1-7,11H,8H2. The van der Waals surface area contributed by atoms with E-state index in [1.54, 1.807) is 10.9 Å². The second kappa shape index (κ2) is 3.83. The van der Waals surface area contributed by atoms with Crippen molar-refractivity contribution >= 4 is 0 Å². The normalized spacial score (nSPS) is 10.0. The van der Waals surface area contributed by atoms with Crippen molar-refractivity contribution in [3.63, 3.8) is 0 Å². The molecule has 0 atom stereocenters. The molecule has 1 aromatic heterocycles. The molecule has 2 rings (SSSR count). The highest BCUT2D eigenvalue weighted by molar-refractivity contribution is 5.33. The molecule has 14 heavy (non-hydrogen) atoms. The van der Waals surface area contributed by atoms with Gasteiger partial charge in [0, 0.05) is 12.4 Å². The van der Waals surface area contributed by atoms with Gasteiger partial charge in [0.25, 0.3) is 0 Å². The topological polar surface area (TPSA) is 54.0 Å². The minimum absolute atomic E-state index is 0.444. The first-order chi connectivity index (χ1) is 6.90. The molecule has 0 saturated heterocycles. The van der Waals surface area contributed by atoms with Crippen molar-refractivity contribution in [2.75, 3.05) is 0 Å². The molecule has 0 aliphatic heterocycles. The Hall–Kier alpha value is -1.97. The van der Waals surface area contributed by atoms with Crippen LogP contribution >= 0.6 is 0 Å². The van der Waals surface area contributed by atoms with Crippen LogP contribution in [0.4, 0.5) is 0 Å². The Labute approximate surface area is 81.7 Å². The molecule has 0 radical (unpaired) electrons. The molecule has 1 N–H and O–H groups in total. The molecule has 1 aromatic carbocycles. The average Bonchev–Trinajstić information content (AvgIpc) is 2.72. The molecule has 4 nitrogen and oxygen atoms in total. The Kier molecular flexibility index (Phi) is 2.36. The van der Waals surface area contributed by atoms with E-state index in [2.05, 4.69) is 10.2 Å². The number of hydrogen-bond acceptors (Lipinski definition) is 3. The number of aromatic nitrogens is 2. The van der Waals surface area contributed by atoms with Gasteiger partial charge in [-0.3, -0.25) is 0 Å². The maximum Gasteiger partial charge on any atom is 0.0846 e. The second-order valence-electron chi connectivity index (χ2n) is 2.93. The van der Waals surface area contributed by atoms with Crippen LogP contribution in [-0.4, -0.2) is 9.78 Å². The molecule has 0 spiro atoms. The number of rotatable bonds is 3. The van der Waals surface area contributed by atoms with Gasteiger partial charge in [-0.05, 0) is 23.8 Å². The Balaban J connectivity index is 2.26. The SMILES string of the molecule is N=NCc1ccc(-n2cccn2)cc1. The summed E-state index contributed by atoms with van der Waals surface area (Å²) in [6.45, 7) is 0.444. The van der Waals surface area contributed by atoms with Crippen LogP contribution in [-0.2, 0) is 6.54 Å². The average molecular weight is 186 g/mol. The van der Waals surface area contributed by atoms with Crippen molar-refractivity contribution in [2.24, 2.45) is 5.11 Å². The molecule has 4 heteroatoms. The van der Waals surface area contributed by atoms with Gasteiger partial charge in [0.2, 0.25) is 0 Å². The fourth-order valence-corrected chi connectivity index (χ4v) is 1.27. The summed E-state index contributed by atoms with van der Waals surface area (Å²) in [6, 6.07) is 9.72. The maximum absolute atomic E-state index is 6.74. The second-order valence-corrected chi connectivity index (χ2v) is 2.93. The maximum atomic E-state index is 6.74. The van der Waals surface area contributed by atoms with E-state index >= 15 is 0 Å². The van der Waals surface area contributed by atoms with E-state index in [1.165, 1.54) is 0 Å². The lowest BCUT2D eigenvalue weighted by Gasteiger charge is -2.01. The summed E-state index contributed by atoms with van der Waals surface area (Å²) in [5.41, 5.74) is 8.80. The van der Waals surface area contributed by atoms with Crippen LogP contribution in [0, 0.1) is 5.53 Å². The van der Waals surface area contributed by atoms with E-state index < -0.39 is 0 Å². The van der Waals surface area contributed by atoms with Gasteiger partial charge in [-0.1, -0.05) is 12.1 Å². The van der Waals surface area contributed by atoms with E-state index in [0.717, 1.165) is 11.3 Å². The van der Waals surface area contributed by atoms with E-state index in [1.807, 2.05) is 36.5 Å². The number of benzene rings is 1. The molecular weight excluding hydrogens is 176 g/mol. The van der Waals surface area contributed by atoms with Crippen LogP contribution in [0.1, 0.15) is 5.56 Å². The smallest absolute Gasteiger partial charge is 0.0846 e. The lowest BCUT2D eigenvalue weighted by atomic mass is 10.2. The highest BCUT2D eigenvalue weighted by Crippen LogP contribution is 2.08. The van der Waals surface area contributed by atoms with Crippen molar-refractivity contribution < 1.29 is 0 Å². The van der Waals surface area contributed by atoms with Crippen LogP contribution in [0.25, 0.3) is 5.69 Å². The summed E-state index contributed by atoms with van der Waals surface area (Å²) in [4.78, 5) is 0. The lowest BCUT2D eigenvalue weighted by Crippen LogP contribution is -1.93. The van der Waals surface area contributed by atoms with Gasteiger partial charge in [0.1, 0.15) is 0 Å². The minimum atomic E-state index is 0.444. The molecule has 70 valence electrons.